The number of hydrogen-bond acceptors (Lipinski definition) is 8. The van der Waals surface area contributed by atoms with Crippen molar-refractivity contribution in [2.24, 2.45) is 10.9 Å². The van der Waals surface area contributed by atoms with Crippen molar-refractivity contribution in [2.45, 2.75) is 38.3 Å². The number of allylic oxidation sites excluding steroid dienone is 3. The Kier molecular flexibility index (Phi) is 6.25. The molecule has 4 heterocycles. The predicted octanol–water partition coefficient (Wildman–Crippen LogP) is 2.86. The summed E-state index contributed by atoms with van der Waals surface area (Å²) in [5.74, 6) is 0.762. The first-order chi connectivity index (χ1) is 16.5. The molecule has 1 aliphatic carbocycles. The van der Waals surface area contributed by atoms with Gasteiger partial charge in [0.15, 0.2) is 5.52 Å². The SMILES string of the molecule is CC1C=CC(S(=O)(=O)NC2C=NC=C(c3ccc4ncnc(OC5C=CNCC5)c4n3)C2)=CC1. The largest absolute Gasteiger partial charge is 0.468 e. The zero-order valence-corrected chi connectivity index (χ0v) is 19.6. The van der Waals surface area contributed by atoms with E-state index in [9.17, 15) is 8.42 Å². The van der Waals surface area contributed by atoms with E-state index >= 15 is 0 Å². The highest BCUT2D eigenvalue weighted by molar-refractivity contribution is 7.93. The summed E-state index contributed by atoms with van der Waals surface area (Å²) in [6.45, 7) is 2.88. The van der Waals surface area contributed by atoms with E-state index in [1.54, 1.807) is 24.6 Å². The third-order valence-electron chi connectivity index (χ3n) is 5.88. The quantitative estimate of drug-likeness (QED) is 0.655. The number of fused-ring (bicyclic) bond motifs is 1. The van der Waals surface area contributed by atoms with Gasteiger partial charge in [-0.3, -0.25) is 4.99 Å². The Morgan fingerprint density at radius 1 is 1.21 bits per heavy atom. The Morgan fingerprint density at radius 2 is 2.12 bits per heavy atom. The van der Waals surface area contributed by atoms with Gasteiger partial charge in [-0.2, -0.15) is 4.98 Å². The van der Waals surface area contributed by atoms with Gasteiger partial charge < -0.3 is 10.1 Å². The van der Waals surface area contributed by atoms with E-state index in [1.807, 2.05) is 30.5 Å². The highest BCUT2D eigenvalue weighted by atomic mass is 32.2. The molecule has 0 bridgehead atoms. The molecule has 176 valence electrons. The summed E-state index contributed by atoms with van der Waals surface area (Å²) < 4.78 is 34.5. The molecule has 0 saturated heterocycles. The van der Waals surface area contributed by atoms with E-state index in [-0.39, 0.29) is 6.10 Å². The summed E-state index contributed by atoms with van der Waals surface area (Å²) in [6, 6.07) is 3.25. The van der Waals surface area contributed by atoms with Crippen molar-refractivity contribution < 1.29 is 13.2 Å². The van der Waals surface area contributed by atoms with Gasteiger partial charge >= 0.3 is 0 Å². The fourth-order valence-corrected chi connectivity index (χ4v) is 5.25. The molecule has 34 heavy (non-hydrogen) atoms. The Balaban J connectivity index is 1.35. The molecule has 2 aromatic rings. The first-order valence-corrected chi connectivity index (χ1v) is 12.8. The fraction of sp³-hybridized carbons (Fsp3) is 0.333. The van der Waals surface area contributed by atoms with Crippen LogP contribution in [0.2, 0.25) is 0 Å². The van der Waals surface area contributed by atoms with Crippen LogP contribution in [0.3, 0.4) is 0 Å². The van der Waals surface area contributed by atoms with Crippen LogP contribution in [0.4, 0.5) is 0 Å². The Labute approximate surface area is 198 Å². The van der Waals surface area contributed by atoms with Crippen molar-refractivity contribution in [3.05, 3.63) is 65.8 Å². The third-order valence-corrected chi connectivity index (χ3v) is 7.41. The highest BCUT2D eigenvalue weighted by Crippen LogP contribution is 2.27. The molecule has 2 N–H and O–H groups in total. The maximum Gasteiger partial charge on any atom is 0.244 e. The number of pyridine rings is 1. The van der Waals surface area contributed by atoms with E-state index in [0.29, 0.717) is 46.3 Å². The predicted molar refractivity (Wildman–Crippen MR) is 131 cm³/mol. The minimum absolute atomic E-state index is 0.0896. The van der Waals surface area contributed by atoms with Gasteiger partial charge in [0.05, 0.1) is 22.2 Å². The number of aromatic nitrogens is 3. The van der Waals surface area contributed by atoms with E-state index in [1.165, 1.54) is 6.33 Å². The van der Waals surface area contributed by atoms with Gasteiger partial charge in [0.1, 0.15) is 12.4 Å². The van der Waals surface area contributed by atoms with Crippen LogP contribution in [0, 0.1) is 5.92 Å². The zero-order valence-electron chi connectivity index (χ0n) is 18.8. The van der Waals surface area contributed by atoms with Crippen LogP contribution in [0.5, 0.6) is 5.88 Å². The second-order valence-corrected chi connectivity index (χ2v) is 10.3. The second kappa shape index (κ2) is 9.47. The standard InChI is InChI=1S/C24H26N6O3S/c1-16-2-4-20(5-3-16)34(31,32)30-18-12-17(13-26-14-18)21-6-7-22-23(29-21)24(28-15-27-22)33-19-8-10-25-11-9-19/h2,4-8,10,13-16,18-19,25,30H,3,9,11-12H2,1H3. The van der Waals surface area contributed by atoms with Crippen molar-refractivity contribution in [1.29, 1.82) is 0 Å². The summed E-state index contributed by atoms with van der Waals surface area (Å²) in [6.07, 6.45) is 15.8. The third kappa shape index (κ3) is 4.92. The van der Waals surface area contributed by atoms with Crippen molar-refractivity contribution >= 4 is 32.8 Å². The smallest absolute Gasteiger partial charge is 0.244 e. The summed E-state index contributed by atoms with van der Waals surface area (Å²) in [5, 5.41) is 3.15. The van der Waals surface area contributed by atoms with Gasteiger partial charge in [0.2, 0.25) is 15.9 Å². The van der Waals surface area contributed by atoms with E-state index < -0.39 is 16.1 Å². The molecule has 9 nitrogen and oxygen atoms in total. The van der Waals surface area contributed by atoms with Crippen LogP contribution in [0.1, 0.15) is 31.9 Å². The monoisotopic (exact) mass is 478 g/mol. The minimum Gasteiger partial charge on any atom is -0.468 e. The normalized spacial score (nSPS) is 24.4. The molecule has 0 fully saturated rings. The molecule has 0 radical (unpaired) electrons. The van der Waals surface area contributed by atoms with Crippen molar-refractivity contribution in [1.82, 2.24) is 25.0 Å². The molecule has 3 unspecified atom stereocenters. The number of rotatable bonds is 6. The summed E-state index contributed by atoms with van der Waals surface area (Å²) in [4.78, 5) is 18.0. The molecule has 0 saturated carbocycles. The maximum atomic E-state index is 12.8. The van der Waals surface area contributed by atoms with Crippen molar-refractivity contribution in [3.8, 4) is 5.88 Å². The maximum absolute atomic E-state index is 12.8. The zero-order chi connectivity index (χ0) is 23.5. The molecule has 2 aromatic heterocycles. The average Bonchev–Trinajstić information content (AvgIpc) is 2.85. The van der Waals surface area contributed by atoms with Crippen molar-refractivity contribution in [3.63, 3.8) is 0 Å². The number of aliphatic imine (C=N–C) groups is 1. The number of sulfonamides is 1. The van der Waals surface area contributed by atoms with E-state index in [0.717, 1.165) is 18.5 Å². The molecule has 0 aromatic carbocycles. The molecular weight excluding hydrogens is 452 g/mol. The molecule has 0 spiro atoms. The van der Waals surface area contributed by atoms with Gasteiger partial charge in [-0.25, -0.2) is 23.1 Å². The molecule has 0 amide bonds. The van der Waals surface area contributed by atoms with Gasteiger partial charge in [0.25, 0.3) is 0 Å². The van der Waals surface area contributed by atoms with Crippen LogP contribution in [-0.4, -0.2) is 48.3 Å². The topological polar surface area (TPSA) is 118 Å². The lowest BCUT2D eigenvalue weighted by Crippen LogP contribution is -2.37. The van der Waals surface area contributed by atoms with E-state index in [4.69, 9.17) is 9.72 Å². The minimum atomic E-state index is -3.64. The van der Waals surface area contributed by atoms with Crippen LogP contribution in [-0.2, 0) is 10.0 Å². The molecule has 3 atom stereocenters. The lowest BCUT2D eigenvalue weighted by atomic mass is 10.0. The lowest BCUT2D eigenvalue weighted by Gasteiger charge is -2.21. The molecule has 3 aliphatic rings. The summed E-state index contributed by atoms with van der Waals surface area (Å²) in [7, 11) is -3.64. The number of ether oxygens (including phenoxy) is 1. The van der Waals surface area contributed by atoms with Crippen LogP contribution in [0.25, 0.3) is 16.6 Å². The average molecular weight is 479 g/mol. The van der Waals surface area contributed by atoms with Gasteiger partial charge in [-0.15, -0.1) is 0 Å². The Morgan fingerprint density at radius 3 is 2.91 bits per heavy atom. The Bertz CT molecular complexity index is 1350. The van der Waals surface area contributed by atoms with Crippen molar-refractivity contribution in [2.75, 3.05) is 6.54 Å². The van der Waals surface area contributed by atoms with E-state index in [2.05, 4.69) is 31.9 Å². The van der Waals surface area contributed by atoms with Gasteiger partial charge in [0, 0.05) is 25.4 Å². The highest BCUT2D eigenvalue weighted by Gasteiger charge is 2.24. The first kappa shape index (κ1) is 22.4. The number of hydrogen-bond donors (Lipinski definition) is 2. The fourth-order valence-electron chi connectivity index (χ4n) is 4.00. The Hall–Kier alpha value is -3.37. The molecule has 2 aliphatic heterocycles. The number of nitrogens with one attached hydrogen (secondary N) is 2. The van der Waals surface area contributed by atoms with Crippen LogP contribution in [0.15, 0.2) is 65.1 Å². The van der Waals surface area contributed by atoms with Crippen LogP contribution < -0.4 is 14.8 Å². The number of nitrogens with zero attached hydrogens (tertiary/aromatic N) is 4. The molecule has 5 rings (SSSR count). The van der Waals surface area contributed by atoms with Gasteiger partial charge in [-0.05, 0) is 54.8 Å². The summed E-state index contributed by atoms with van der Waals surface area (Å²) >= 11 is 0. The molecule has 10 heteroatoms. The molecular formula is C24H26N6O3S. The van der Waals surface area contributed by atoms with Crippen LogP contribution >= 0.6 is 0 Å². The second-order valence-electron chi connectivity index (χ2n) is 8.56. The summed E-state index contributed by atoms with van der Waals surface area (Å²) in [5.41, 5.74) is 2.73. The van der Waals surface area contributed by atoms with Gasteiger partial charge in [-0.1, -0.05) is 19.1 Å². The lowest BCUT2D eigenvalue weighted by molar-refractivity contribution is 0.226. The first-order valence-electron chi connectivity index (χ1n) is 11.3.